The summed E-state index contributed by atoms with van der Waals surface area (Å²) >= 11 is 0. The van der Waals surface area contributed by atoms with Crippen LogP contribution < -0.4 is 0 Å². The van der Waals surface area contributed by atoms with Gasteiger partial charge in [-0.15, -0.1) is 0 Å². The molecular formula is C20H21FN2O2. The van der Waals surface area contributed by atoms with E-state index in [0.29, 0.717) is 39.0 Å². The van der Waals surface area contributed by atoms with E-state index in [1.54, 1.807) is 21.9 Å². The van der Waals surface area contributed by atoms with E-state index in [-0.39, 0.29) is 17.4 Å². The monoisotopic (exact) mass is 340 g/mol. The number of carbonyl (C=O) groups is 2. The molecule has 1 heterocycles. The molecule has 1 fully saturated rings. The lowest BCUT2D eigenvalue weighted by Gasteiger charge is -2.35. The first-order valence-electron chi connectivity index (χ1n) is 8.50. The second-order valence-corrected chi connectivity index (χ2v) is 6.14. The molecule has 1 aliphatic heterocycles. The Balaban J connectivity index is 1.50. The summed E-state index contributed by atoms with van der Waals surface area (Å²) in [5, 5.41) is 0. The minimum atomic E-state index is -0.506. The Kier molecular flexibility index (Phi) is 5.43. The molecule has 130 valence electrons. The summed E-state index contributed by atoms with van der Waals surface area (Å²) in [7, 11) is 0. The second kappa shape index (κ2) is 7.92. The van der Waals surface area contributed by atoms with Crippen LogP contribution in [0.3, 0.4) is 0 Å². The lowest BCUT2D eigenvalue weighted by atomic mass is 10.1. The number of carbonyl (C=O) groups excluding carboxylic acids is 2. The zero-order chi connectivity index (χ0) is 17.6. The zero-order valence-corrected chi connectivity index (χ0v) is 14.0. The molecule has 25 heavy (non-hydrogen) atoms. The average molecular weight is 340 g/mol. The fraction of sp³-hybridized carbons (Fsp3) is 0.300. The van der Waals surface area contributed by atoms with Crippen molar-refractivity contribution < 1.29 is 14.0 Å². The van der Waals surface area contributed by atoms with Crippen LogP contribution in [-0.2, 0) is 11.2 Å². The van der Waals surface area contributed by atoms with Gasteiger partial charge in [-0.1, -0.05) is 42.5 Å². The highest BCUT2D eigenvalue weighted by atomic mass is 19.1. The first-order valence-corrected chi connectivity index (χ1v) is 8.50. The summed E-state index contributed by atoms with van der Waals surface area (Å²) in [4.78, 5) is 28.1. The van der Waals surface area contributed by atoms with Crippen molar-refractivity contribution in [1.82, 2.24) is 9.80 Å². The van der Waals surface area contributed by atoms with Gasteiger partial charge in [-0.05, 0) is 24.1 Å². The molecular weight excluding hydrogens is 319 g/mol. The summed E-state index contributed by atoms with van der Waals surface area (Å²) in [5.41, 5.74) is 1.23. The largest absolute Gasteiger partial charge is 0.339 e. The van der Waals surface area contributed by atoms with Gasteiger partial charge in [0.25, 0.3) is 5.91 Å². The van der Waals surface area contributed by atoms with Crippen molar-refractivity contribution in [2.75, 3.05) is 26.2 Å². The number of halogens is 1. The van der Waals surface area contributed by atoms with Crippen molar-refractivity contribution in [1.29, 1.82) is 0 Å². The van der Waals surface area contributed by atoms with Crippen LogP contribution in [0.2, 0.25) is 0 Å². The van der Waals surface area contributed by atoms with Crippen LogP contribution in [0.5, 0.6) is 0 Å². The van der Waals surface area contributed by atoms with E-state index in [1.165, 1.54) is 12.1 Å². The molecule has 2 amide bonds. The highest BCUT2D eigenvalue weighted by Crippen LogP contribution is 2.13. The van der Waals surface area contributed by atoms with Crippen LogP contribution in [0.15, 0.2) is 54.6 Å². The molecule has 0 aliphatic carbocycles. The standard InChI is InChI=1S/C20H21FN2O2/c21-18-9-5-4-8-17(18)20(25)23-14-12-22(13-15-23)19(24)11-10-16-6-2-1-3-7-16/h1-9H,10-15H2. The number of benzene rings is 2. The molecule has 0 spiro atoms. The molecule has 0 bridgehead atoms. The van der Waals surface area contributed by atoms with Crippen LogP contribution in [0.4, 0.5) is 4.39 Å². The van der Waals surface area contributed by atoms with E-state index in [4.69, 9.17) is 0 Å². The Bertz CT molecular complexity index is 740. The number of rotatable bonds is 4. The van der Waals surface area contributed by atoms with Gasteiger partial charge in [-0.2, -0.15) is 0 Å². The predicted molar refractivity (Wildman–Crippen MR) is 93.6 cm³/mol. The van der Waals surface area contributed by atoms with E-state index in [9.17, 15) is 14.0 Å². The van der Waals surface area contributed by atoms with Crippen molar-refractivity contribution in [3.63, 3.8) is 0 Å². The zero-order valence-electron chi connectivity index (χ0n) is 14.0. The van der Waals surface area contributed by atoms with Crippen LogP contribution in [-0.4, -0.2) is 47.8 Å². The van der Waals surface area contributed by atoms with Gasteiger partial charge in [-0.3, -0.25) is 9.59 Å². The first-order chi connectivity index (χ1) is 12.1. The fourth-order valence-corrected chi connectivity index (χ4v) is 3.02. The van der Waals surface area contributed by atoms with E-state index in [2.05, 4.69) is 0 Å². The smallest absolute Gasteiger partial charge is 0.256 e. The first kappa shape index (κ1) is 17.1. The van der Waals surface area contributed by atoms with Crippen molar-refractivity contribution in [3.8, 4) is 0 Å². The van der Waals surface area contributed by atoms with Crippen molar-refractivity contribution in [2.24, 2.45) is 0 Å². The molecule has 0 aromatic heterocycles. The van der Waals surface area contributed by atoms with Gasteiger partial charge in [0.2, 0.25) is 5.91 Å². The van der Waals surface area contributed by atoms with Crippen LogP contribution in [0.1, 0.15) is 22.3 Å². The Morgan fingerprint density at radius 2 is 1.44 bits per heavy atom. The van der Waals surface area contributed by atoms with E-state index in [0.717, 1.165) is 5.56 Å². The van der Waals surface area contributed by atoms with Gasteiger partial charge in [0.05, 0.1) is 5.56 Å². The van der Waals surface area contributed by atoms with Crippen molar-refractivity contribution in [2.45, 2.75) is 12.8 Å². The summed E-state index contributed by atoms with van der Waals surface area (Å²) in [6.07, 6.45) is 1.18. The minimum absolute atomic E-state index is 0.0892. The van der Waals surface area contributed by atoms with E-state index < -0.39 is 5.82 Å². The molecule has 2 aromatic rings. The average Bonchev–Trinajstić information content (AvgIpc) is 2.67. The highest BCUT2D eigenvalue weighted by Gasteiger charge is 2.25. The van der Waals surface area contributed by atoms with Gasteiger partial charge >= 0.3 is 0 Å². The number of amides is 2. The maximum Gasteiger partial charge on any atom is 0.256 e. The highest BCUT2D eigenvalue weighted by molar-refractivity contribution is 5.94. The summed E-state index contributed by atoms with van der Waals surface area (Å²) in [6.45, 7) is 1.86. The number of nitrogens with zero attached hydrogens (tertiary/aromatic N) is 2. The Hall–Kier alpha value is -2.69. The molecule has 2 aromatic carbocycles. The molecule has 0 radical (unpaired) electrons. The molecule has 1 aliphatic rings. The third kappa shape index (κ3) is 4.24. The van der Waals surface area contributed by atoms with Gasteiger partial charge in [-0.25, -0.2) is 4.39 Å². The number of hydrogen-bond acceptors (Lipinski definition) is 2. The number of aryl methyl sites for hydroxylation is 1. The van der Waals surface area contributed by atoms with Gasteiger partial charge in [0, 0.05) is 32.6 Å². The van der Waals surface area contributed by atoms with Crippen LogP contribution in [0, 0.1) is 5.82 Å². The lowest BCUT2D eigenvalue weighted by molar-refractivity contribution is -0.132. The SMILES string of the molecule is O=C(CCc1ccccc1)N1CCN(C(=O)c2ccccc2F)CC1. The molecule has 5 heteroatoms. The summed E-state index contributed by atoms with van der Waals surface area (Å²) < 4.78 is 13.7. The number of hydrogen-bond donors (Lipinski definition) is 0. The Morgan fingerprint density at radius 1 is 0.840 bits per heavy atom. The lowest BCUT2D eigenvalue weighted by Crippen LogP contribution is -2.50. The maximum absolute atomic E-state index is 13.7. The second-order valence-electron chi connectivity index (χ2n) is 6.14. The fourth-order valence-electron chi connectivity index (χ4n) is 3.02. The van der Waals surface area contributed by atoms with Gasteiger partial charge in [0.1, 0.15) is 5.82 Å². The topological polar surface area (TPSA) is 40.6 Å². The van der Waals surface area contributed by atoms with Crippen LogP contribution in [0.25, 0.3) is 0 Å². The van der Waals surface area contributed by atoms with E-state index >= 15 is 0 Å². The Labute approximate surface area is 146 Å². The predicted octanol–water partition coefficient (Wildman–Crippen LogP) is 2.74. The molecule has 4 nitrogen and oxygen atoms in total. The molecule has 0 atom stereocenters. The molecule has 0 saturated carbocycles. The quantitative estimate of drug-likeness (QED) is 0.859. The molecule has 0 N–H and O–H groups in total. The normalized spacial score (nSPS) is 14.4. The summed E-state index contributed by atoms with van der Waals surface area (Å²) in [6, 6.07) is 15.9. The molecule has 3 rings (SSSR count). The molecule has 1 saturated heterocycles. The number of piperazine rings is 1. The third-order valence-corrected chi connectivity index (χ3v) is 4.49. The van der Waals surface area contributed by atoms with Crippen LogP contribution >= 0.6 is 0 Å². The van der Waals surface area contributed by atoms with Crippen molar-refractivity contribution in [3.05, 3.63) is 71.5 Å². The minimum Gasteiger partial charge on any atom is -0.339 e. The summed E-state index contributed by atoms with van der Waals surface area (Å²) in [5.74, 6) is -0.717. The third-order valence-electron chi connectivity index (χ3n) is 4.49. The molecule has 0 unspecified atom stereocenters. The van der Waals surface area contributed by atoms with Gasteiger partial charge < -0.3 is 9.80 Å². The van der Waals surface area contributed by atoms with Gasteiger partial charge in [0.15, 0.2) is 0 Å². The Morgan fingerprint density at radius 3 is 2.12 bits per heavy atom. The maximum atomic E-state index is 13.7. The van der Waals surface area contributed by atoms with E-state index in [1.807, 2.05) is 30.3 Å². The van der Waals surface area contributed by atoms with Crippen molar-refractivity contribution >= 4 is 11.8 Å².